The summed E-state index contributed by atoms with van der Waals surface area (Å²) in [6, 6.07) is 16.2. The maximum atomic E-state index is 12.7. The molecule has 0 bridgehead atoms. The minimum Gasteiger partial charge on any atom is -0.356 e. The van der Waals surface area contributed by atoms with Gasteiger partial charge in [-0.1, -0.05) is 41.6 Å². The number of aromatic nitrogens is 1. The van der Waals surface area contributed by atoms with Gasteiger partial charge in [0, 0.05) is 12.4 Å². The van der Waals surface area contributed by atoms with Gasteiger partial charge in [0.2, 0.25) is 5.91 Å². The summed E-state index contributed by atoms with van der Waals surface area (Å²) in [7, 11) is 1.89. The number of hydrogen-bond acceptors (Lipinski definition) is 3. The summed E-state index contributed by atoms with van der Waals surface area (Å²) < 4.78 is 5.29. The van der Waals surface area contributed by atoms with Gasteiger partial charge in [-0.05, 0) is 36.1 Å². The lowest BCUT2D eigenvalue weighted by molar-refractivity contribution is -0.131. The molecule has 0 spiro atoms. The lowest BCUT2D eigenvalue weighted by Crippen LogP contribution is -2.31. The van der Waals surface area contributed by atoms with E-state index in [1.165, 1.54) is 11.1 Å². The molecule has 2 aromatic carbocycles. The van der Waals surface area contributed by atoms with Crippen molar-refractivity contribution in [1.29, 1.82) is 0 Å². The minimum atomic E-state index is 0.0748. The van der Waals surface area contributed by atoms with Crippen LogP contribution in [-0.2, 0) is 17.6 Å². The number of aryl methyl sites for hydroxylation is 1. The predicted octanol–water partition coefficient (Wildman–Crippen LogP) is 3.52. The first-order valence-electron chi connectivity index (χ1n) is 7.91. The zero-order valence-corrected chi connectivity index (χ0v) is 13.0. The molecule has 0 N–H and O–H groups in total. The highest BCUT2D eigenvalue weighted by Crippen LogP contribution is 2.35. The summed E-state index contributed by atoms with van der Waals surface area (Å²) in [4.78, 5) is 14.6. The fourth-order valence-corrected chi connectivity index (χ4v) is 3.44. The van der Waals surface area contributed by atoms with E-state index in [0.717, 1.165) is 23.8 Å². The summed E-state index contributed by atoms with van der Waals surface area (Å²) in [5.41, 5.74) is 4.06. The second-order valence-electron chi connectivity index (χ2n) is 6.06. The lowest BCUT2D eigenvalue weighted by atomic mass is 10.1. The van der Waals surface area contributed by atoms with E-state index in [9.17, 15) is 4.79 Å². The van der Waals surface area contributed by atoms with E-state index >= 15 is 0 Å². The smallest absolute Gasteiger partial charge is 0.228 e. The number of carbonyl (C=O) groups is 1. The molecule has 116 valence electrons. The van der Waals surface area contributed by atoms with Crippen LogP contribution in [0.25, 0.3) is 11.0 Å². The number of para-hydroxylation sites is 1. The highest BCUT2D eigenvalue weighted by Gasteiger charge is 2.28. The molecule has 0 fully saturated rings. The van der Waals surface area contributed by atoms with Crippen LogP contribution >= 0.6 is 0 Å². The molecule has 4 heteroatoms. The molecule has 1 amide bonds. The third kappa shape index (κ3) is 2.40. The van der Waals surface area contributed by atoms with Crippen LogP contribution in [0.3, 0.4) is 0 Å². The van der Waals surface area contributed by atoms with E-state index in [4.69, 9.17) is 4.52 Å². The van der Waals surface area contributed by atoms with Crippen LogP contribution in [0.5, 0.6) is 0 Å². The molecular formula is C19H18N2O2. The Labute approximate surface area is 134 Å². The summed E-state index contributed by atoms with van der Waals surface area (Å²) in [6.45, 7) is 0. The van der Waals surface area contributed by atoms with E-state index in [2.05, 4.69) is 23.4 Å². The fraction of sp³-hybridized carbons (Fsp3) is 0.263. The summed E-state index contributed by atoms with van der Waals surface area (Å²) in [6.07, 6.45) is 2.29. The van der Waals surface area contributed by atoms with Crippen LogP contribution < -0.4 is 0 Å². The molecule has 0 aliphatic heterocycles. The van der Waals surface area contributed by atoms with Gasteiger partial charge in [0.25, 0.3) is 0 Å². The van der Waals surface area contributed by atoms with Gasteiger partial charge in [-0.2, -0.15) is 0 Å². The SMILES string of the molecule is CN(C(=O)Cc1noc2ccccc12)[C@H]1CCc2ccccc21. The number of amides is 1. The third-order valence-electron chi connectivity index (χ3n) is 4.73. The van der Waals surface area contributed by atoms with Gasteiger partial charge in [0.1, 0.15) is 5.69 Å². The number of likely N-dealkylation sites (N-methyl/N-ethyl adjacent to an activating group) is 1. The second-order valence-corrected chi connectivity index (χ2v) is 6.06. The molecule has 1 atom stereocenters. The average molecular weight is 306 g/mol. The van der Waals surface area contributed by atoms with Gasteiger partial charge < -0.3 is 9.42 Å². The Hall–Kier alpha value is -2.62. The predicted molar refractivity (Wildman–Crippen MR) is 88.0 cm³/mol. The monoisotopic (exact) mass is 306 g/mol. The zero-order valence-electron chi connectivity index (χ0n) is 13.0. The number of carbonyl (C=O) groups excluding carboxylic acids is 1. The molecule has 23 heavy (non-hydrogen) atoms. The van der Waals surface area contributed by atoms with Crippen molar-refractivity contribution in [2.45, 2.75) is 25.3 Å². The van der Waals surface area contributed by atoms with Crippen molar-refractivity contribution in [3.05, 3.63) is 65.4 Å². The number of hydrogen-bond donors (Lipinski definition) is 0. The van der Waals surface area contributed by atoms with Crippen LogP contribution in [0.1, 0.15) is 29.3 Å². The van der Waals surface area contributed by atoms with E-state index < -0.39 is 0 Å². The number of benzene rings is 2. The molecule has 1 aromatic heterocycles. The summed E-state index contributed by atoms with van der Waals surface area (Å²) in [5.74, 6) is 0.0748. The molecule has 1 heterocycles. The van der Waals surface area contributed by atoms with Crippen LogP contribution in [0.4, 0.5) is 0 Å². The fourth-order valence-electron chi connectivity index (χ4n) is 3.44. The lowest BCUT2D eigenvalue weighted by Gasteiger charge is -2.25. The molecule has 0 saturated heterocycles. The zero-order chi connectivity index (χ0) is 15.8. The molecule has 0 saturated carbocycles. The Morgan fingerprint density at radius 3 is 2.91 bits per heavy atom. The van der Waals surface area contributed by atoms with Gasteiger partial charge in [0.05, 0.1) is 12.5 Å². The molecule has 0 radical (unpaired) electrons. The van der Waals surface area contributed by atoms with Gasteiger partial charge >= 0.3 is 0 Å². The molecular weight excluding hydrogens is 288 g/mol. The van der Waals surface area contributed by atoms with E-state index in [-0.39, 0.29) is 18.4 Å². The van der Waals surface area contributed by atoms with Crippen molar-refractivity contribution in [3.8, 4) is 0 Å². The van der Waals surface area contributed by atoms with Crippen LogP contribution in [0.15, 0.2) is 53.1 Å². The second kappa shape index (κ2) is 5.54. The van der Waals surface area contributed by atoms with Gasteiger partial charge in [-0.3, -0.25) is 4.79 Å². The molecule has 1 aliphatic carbocycles. The normalized spacial score (nSPS) is 16.5. The van der Waals surface area contributed by atoms with Gasteiger partial charge in [0.15, 0.2) is 5.58 Å². The first-order valence-corrected chi connectivity index (χ1v) is 7.91. The number of fused-ring (bicyclic) bond motifs is 2. The van der Waals surface area contributed by atoms with Crippen molar-refractivity contribution in [2.75, 3.05) is 7.05 Å². The Balaban J connectivity index is 1.56. The highest BCUT2D eigenvalue weighted by atomic mass is 16.5. The molecule has 3 aromatic rings. The van der Waals surface area contributed by atoms with Crippen molar-refractivity contribution >= 4 is 16.9 Å². The maximum Gasteiger partial charge on any atom is 0.228 e. The number of nitrogens with zero attached hydrogens (tertiary/aromatic N) is 2. The molecule has 0 unspecified atom stereocenters. The van der Waals surface area contributed by atoms with E-state index in [1.807, 2.05) is 42.3 Å². The van der Waals surface area contributed by atoms with Crippen molar-refractivity contribution < 1.29 is 9.32 Å². The van der Waals surface area contributed by atoms with Crippen LogP contribution in [0.2, 0.25) is 0 Å². The largest absolute Gasteiger partial charge is 0.356 e. The van der Waals surface area contributed by atoms with Crippen molar-refractivity contribution in [1.82, 2.24) is 10.1 Å². The first-order chi connectivity index (χ1) is 11.2. The quantitative estimate of drug-likeness (QED) is 0.744. The Bertz CT molecular complexity index is 868. The van der Waals surface area contributed by atoms with Gasteiger partial charge in [-0.25, -0.2) is 0 Å². The van der Waals surface area contributed by atoms with Crippen molar-refractivity contribution in [3.63, 3.8) is 0 Å². The Kier molecular flexibility index (Phi) is 3.37. The standard InChI is InChI=1S/C19H18N2O2/c1-21(17-11-10-13-6-2-3-7-14(13)17)19(22)12-16-15-8-4-5-9-18(15)23-20-16/h2-9,17H,10-12H2,1H3/t17-/m0/s1. The van der Waals surface area contributed by atoms with E-state index in [0.29, 0.717) is 5.69 Å². The highest BCUT2D eigenvalue weighted by molar-refractivity contribution is 5.86. The van der Waals surface area contributed by atoms with Crippen molar-refractivity contribution in [2.24, 2.45) is 0 Å². The summed E-state index contributed by atoms with van der Waals surface area (Å²) in [5, 5.41) is 4.98. The Morgan fingerprint density at radius 1 is 1.22 bits per heavy atom. The average Bonchev–Trinajstić information content (AvgIpc) is 3.19. The topological polar surface area (TPSA) is 46.3 Å². The Morgan fingerprint density at radius 2 is 2.00 bits per heavy atom. The molecule has 4 rings (SSSR count). The van der Waals surface area contributed by atoms with Gasteiger partial charge in [-0.15, -0.1) is 0 Å². The number of rotatable bonds is 3. The van der Waals surface area contributed by atoms with Crippen LogP contribution in [0, 0.1) is 0 Å². The maximum absolute atomic E-state index is 12.7. The first kappa shape index (κ1) is 14.0. The molecule has 4 nitrogen and oxygen atoms in total. The third-order valence-corrected chi connectivity index (χ3v) is 4.73. The molecule has 1 aliphatic rings. The van der Waals surface area contributed by atoms with Crippen LogP contribution in [-0.4, -0.2) is 23.0 Å². The van der Waals surface area contributed by atoms with E-state index in [1.54, 1.807) is 0 Å². The minimum absolute atomic E-state index is 0.0748. The summed E-state index contributed by atoms with van der Waals surface area (Å²) >= 11 is 0.